The van der Waals surface area contributed by atoms with E-state index in [1.807, 2.05) is 53.4 Å². The van der Waals surface area contributed by atoms with Crippen LogP contribution in [0.15, 0.2) is 4.52 Å². The molecule has 2 heterocycles. The lowest BCUT2D eigenvalue weighted by atomic mass is 9.97. The molecular formula is C16H28N4O3. The van der Waals surface area contributed by atoms with Crippen molar-refractivity contribution in [3.05, 3.63) is 5.89 Å². The van der Waals surface area contributed by atoms with Gasteiger partial charge in [-0.2, -0.15) is 4.98 Å². The summed E-state index contributed by atoms with van der Waals surface area (Å²) in [6, 6.07) is 0.0233. The summed E-state index contributed by atoms with van der Waals surface area (Å²) in [7, 11) is 0. The van der Waals surface area contributed by atoms with Gasteiger partial charge in [0.15, 0.2) is 0 Å². The Morgan fingerprint density at radius 3 is 2.35 bits per heavy atom. The van der Waals surface area contributed by atoms with Crippen LogP contribution >= 0.6 is 0 Å². The number of carbonyl (C=O) groups excluding carboxylic acids is 1. The standard InChI is InChI=1S/C16H28N4O3/c1-11-10-19(13-17-12(23-18-13)15(2,3)4)8-9-20(11)14(21)22-16(5,6)7/h11H,8-10H2,1-7H3/t11-/m1/s1. The second-order valence-corrected chi connectivity index (χ2v) is 8.12. The second-order valence-electron chi connectivity index (χ2n) is 8.12. The molecule has 7 nitrogen and oxygen atoms in total. The predicted octanol–water partition coefficient (Wildman–Crippen LogP) is 2.81. The lowest BCUT2D eigenvalue weighted by Gasteiger charge is -2.39. The lowest BCUT2D eigenvalue weighted by molar-refractivity contribution is 0.0158. The predicted molar refractivity (Wildman–Crippen MR) is 87.6 cm³/mol. The van der Waals surface area contributed by atoms with E-state index in [4.69, 9.17) is 9.26 Å². The van der Waals surface area contributed by atoms with E-state index in [1.54, 1.807) is 4.90 Å². The van der Waals surface area contributed by atoms with Crippen LogP contribution in [0.25, 0.3) is 0 Å². The van der Waals surface area contributed by atoms with Crippen LogP contribution in [-0.4, -0.2) is 52.4 Å². The summed E-state index contributed by atoms with van der Waals surface area (Å²) < 4.78 is 10.8. The van der Waals surface area contributed by atoms with E-state index < -0.39 is 5.60 Å². The Bertz CT molecular complexity index is 556. The van der Waals surface area contributed by atoms with Gasteiger partial charge in [-0.15, -0.1) is 0 Å². The van der Waals surface area contributed by atoms with E-state index >= 15 is 0 Å². The Morgan fingerprint density at radius 2 is 1.87 bits per heavy atom. The Hall–Kier alpha value is -1.79. The van der Waals surface area contributed by atoms with Crippen LogP contribution in [0.5, 0.6) is 0 Å². The molecule has 1 fully saturated rings. The molecule has 1 aromatic rings. The largest absolute Gasteiger partial charge is 0.444 e. The minimum Gasteiger partial charge on any atom is -0.444 e. The number of ether oxygens (including phenoxy) is 1. The Labute approximate surface area is 138 Å². The zero-order valence-electron chi connectivity index (χ0n) is 15.2. The fourth-order valence-corrected chi connectivity index (χ4v) is 2.38. The van der Waals surface area contributed by atoms with E-state index in [2.05, 4.69) is 10.1 Å². The summed E-state index contributed by atoms with van der Waals surface area (Å²) in [5.41, 5.74) is -0.654. The van der Waals surface area contributed by atoms with Gasteiger partial charge < -0.3 is 19.1 Å². The number of rotatable bonds is 1. The summed E-state index contributed by atoms with van der Waals surface area (Å²) in [6.07, 6.45) is -0.270. The van der Waals surface area contributed by atoms with Crippen LogP contribution in [0, 0.1) is 0 Å². The van der Waals surface area contributed by atoms with Crippen LogP contribution in [0.2, 0.25) is 0 Å². The molecule has 0 aromatic carbocycles. The normalized spacial score (nSPS) is 19.9. The van der Waals surface area contributed by atoms with Crippen LogP contribution in [-0.2, 0) is 10.2 Å². The molecular weight excluding hydrogens is 296 g/mol. The zero-order chi connectivity index (χ0) is 17.4. The van der Waals surface area contributed by atoms with E-state index in [1.165, 1.54) is 0 Å². The van der Waals surface area contributed by atoms with Gasteiger partial charge in [0.1, 0.15) is 5.60 Å². The molecule has 1 aromatic heterocycles. The molecule has 0 aliphatic carbocycles. The molecule has 1 saturated heterocycles. The first-order chi connectivity index (χ1) is 10.5. The van der Waals surface area contributed by atoms with E-state index in [0.29, 0.717) is 31.5 Å². The van der Waals surface area contributed by atoms with Crippen LogP contribution in [0.4, 0.5) is 10.7 Å². The Balaban J connectivity index is 2.01. The molecule has 1 amide bonds. The highest BCUT2D eigenvalue weighted by molar-refractivity contribution is 5.69. The Kier molecular flexibility index (Phi) is 4.59. The van der Waals surface area contributed by atoms with Crippen molar-refractivity contribution in [2.45, 2.75) is 65.5 Å². The molecule has 2 rings (SSSR count). The monoisotopic (exact) mass is 324 g/mol. The minimum absolute atomic E-state index is 0.0233. The maximum absolute atomic E-state index is 12.2. The van der Waals surface area contributed by atoms with Crippen molar-refractivity contribution in [1.29, 1.82) is 0 Å². The quantitative estimate of drug-likeness (QED) is 0.791. The summed E-state index contributed by atoms with van der Waals surface area (Å²) in [5, 5.41) is 4.08. The number of nitrogens with zero attached hydrogens (tertiary/aromatic N) is 4. The third-order valence-electron chi connectivity index (χ3n) is 3.60. The number of piperazine rings is 1. The van der Waals surface area contributed by atoms with Gasteiger partial charge in [0.25, 0.3) is 5.95 Å². The highest BCUT2D eigenvalue weighted by atomic mass is 16.6. The van der Waals surface area contributed by atoms with Gasteiger partial charge in [-0.3, -0.25) is 0 Å². The molecule has 0 N–H and O–H groups in total. The molecule has 23 heavy (non-hydrogen) atoms. The van der Waals surface area contributed by atoms with Crippen molar-refractivity contribution >= 4 is 12.0 Å². The summed E-state index contributed by atoms with van der Waals surface area (Å²) >= 11 is 0. The third-order valence-corrected chi connectivity index (χ3v) is 3.60. The van der Waals surface area contributed by atoms with Gasteiger partial charge >= 0.3 is 6.09 Å². The molecule has 0 unspecified atom stereocenters. The van der Waals surface area contributed by atoms with Gasteiger partial charge in [-0.05, 0) is 32.9 Å². The SMILES string of the molecule is C[C@@H]1CN(c2noc(C(C)(C)C)n2)CCN1C(=O)OC(C)(C)C. The summed E-state index contributed by atoms with van der Waals surface area (Å²) in [5.74, 6) is 1.21. The molecule has 0 bridgehead atoms. The van der Waals surface area contributed by atoms with Crippen LogP contribution in [0.1, 0.15) is 54.4 Å². The molecule has 0 radical (unpaired) electrons. The fourth-order valence-electron chi connectivity index (χ4n) is 2.38. The molecule has 0 saturated carbocycles. The van der Waals surface area contributed by atoms with Crippen LogP contribution in [0.3, 0.4) is 0 Å². The first-order valence-electron chi connectivity index (χ1n) is 8.06. The lowest BCUT2D eigenvalue weighted by Crippen LogP contribution is -2.55. The van der Waals surface area contributed by atoms with E-state index in [0.717, 1.165) is 0 Å². The van der Waals surface area contributed by atoms with Crippen molar-refractivity contribution in [2.75, 3.05) is 24.5 Å². The third kappa shape index (κ3) is 4.36. The maximum atomic E-state index is 12.2. The highest BCUT2D eigenvalue weighted by Gasteiger charge is 2.33. The van der Waals surface area contributed by atoms with Gasteiger partial charge in [-0.1, -0.05) is 20.8 Å². The maximum Gasteiger partial charge on any atom is 0.410 e. The average molecular weight is 324 g/mol. The number of aromatic nitrogens is 2. The van der Waals surface area contributed by atoms with Crippen molar-refractivity contribution in [3.63, 3.8) is 0 Å². The smallest absolute Gasteiger partial charge is 0.410 e. The number of carbonyl (C=O) groups is 1. The molecule has 130 valence electrons. The van der Waals surface area contributed by atoms with Crippen molar-refractivity contribution in [3.8, 4) is 0 Å². The molecule has 1 aliphatic rings. The number of amides is 1. The zero-order valence-corrected chi connectivity index (χ0v) is 15.2. The first kappa shape index (κ1) is 17.6. The fraction of sp³-hybridized carbons (Fsp3) is 0.812. The molecule has 1 aliphatic heterocycles. The number of hydrogen-bond acceptors (Lipinski definition) is 6. The average Bonchev–Trinajstić information content (AvgIpc) is 2.85. The molecule has 7 heteroatoms. The van der Waals surface area contributed by atoms with Crippen molar-refractivity contribution in [2.24, 2.45) is 0 Å². The highest BCUT2D eigenvalue weighted by Crippen LogP contribution is 2.24. The first-order valence-corrected chi connectivity index (χ1v) is 8.06. The van der Waals surface area contributed by atoms with Crippen molar-refractivity contribution in [1.82, 2.24) is 15.0 Å². The second kappa shape index (κ2) is 6.02. The minimum atomic E-state index is -0.483. The van der Waals surface area contributed by atoms with Crippen LogP contribution < -0.4 is 4.90 Å². The van der Waals surface area contributed by atoms with E-state index in [-0.39, 0.29) is 17.6 Å². The topological polar surface area (TPSA) is 71.7 Å². The van der Waals surface area contributed by atoms with Gasteiger partial charge in [-0.25, -0.2) is 4.79 Å². The molecule has 0 spiro atoms. The van der Waals surface area contributed by atoms with Gasteiger partial charge in [0.2, 0.25) is 5.89 Å². The van der Waals surface area contributed by atoms with Gasteiger partial charge in [0.05, 0.1) is 0 Å². The van der Waals surface area contributed by atoms with E-state index in [9.17, 15) is 4.79 Å². The summed E-state index contributed by atoms with van der Waals surface area (Å²) in [6.45, 7) is 15.6. The number of hydrogen-bond donors (Lipinski definition) is 0. The Morgan fingerprint density at radius 1 is 1.22 bits per heavy atom. The number of anilines is 1. The summed E-state index contributed by atoms with van der Waals surface area (Å²) in [4.78, 5) is 20.5. The molecule has 1 atom stereocenters. The van der Waals surface area contributed by atoms with Crippen molar-refractivity contribution < 1.29 is 14.1 Å². The van der Waals surface area contributed by atoms with Gasteiger partial charge in [0, 0.05) is 31.1 Å².